The van der Waals surface area contributed by atoms with E-state index in [9.17, 15) is 18.4 Å². The summed E-state index contributed by atoms with van der Waals surface area (Å²) in [6.45, 7) is 4.70. The van der Waals surface area contributed by atoms with Crippen LogP contribution in [0.1, 0.15) is 46.4 Å². The number of anilines is 2. The van der Waals surface area contributed by atoms with Gasteiger partial charge in [0.2, 0.25) is 11.8 Å². The van der Waals surface area contributed by atoms with Crippen molar-refractivity contribution in [2.24, 2.45) is 0 Å². The molecule has 0 bridgehead atoms. The molecule has 4 heterocycles. The molecule has 2 aromatic heterocycles. The molecule has 2 saturated heterocycles. The predicted octanol–water partition coefficient (Wildman–Crippen LogP) is 7.37. The molecule has 2 aliphatic rings. The summed E-state index contributed by atoms with van der Waals surface area (Å²) in [6.07, 6.45) is 3.69. The number of carbonyl (C=O) groups is 2. The number of morpholine rings is 2. The van der Waals surface area contributed by atoms with Crippen LogP contribution < -0.4 is 19.3 Å². The van der Waals surface area contributed by atoms with Gasteiger partial charge in [-0.1, -0.05) is 60.7 Å². The van der Waals surface area contributed by atoms with E-state index in [0.29, 0.717) is 112 Å². The van der Waals surface area contributed by atoms with Crippen LogP contribution in [0.25, 0.3) is 22.1 Å². The summed E-state index contributed by atoms with van der Waals surface area (Å²) < 4.78 is 53.7. The normalized spacial score (nSPS) is 14.3. The van der Waals surface area contributed by atoms with Gasteiger partial charge in [-0.3, -0.25) is 9.59 Å². The van der Waals surface area contributed by atoms with E-state index < -0.39 is 0 Å². The smallest absolute Gasteiger partial charge is 0.304 e. The molecule has 14 heteroatoms. The lowest BCUT2D eigenvalue weighted by molar-refractivity contribution is 0.0885. The van der Waals surface area contributed by atoms with Crippen LogP contribution in [0.4, 0.5) is 20.2 Å². The van der Waals surface area contributed by atoms with Gasteiger partial charge in [-0.25, -0.2) is 17.9 Å². The molecule has 8 rings (SSSR count). The quantitative estimate of drug-likeness (QED) is 0.125. The van der Waals surface area contributed by atoms with Gasteiger partial charge in [-0.15, -0.1) is 0 Å². The van der Waals surface area contributed by atoms with Gasteiger partial charge in [0.1, 0.15) is 11.6 Å². The fourth-order valence-corrected chi connectivity index (χ4v) is 7.38. The van der Waals surface area contributed by atoms with Gasteiger partial charge in [-0.2, -0.15) is 9.97 Å². The minimum absolute atomic E-state index is 0.111. The van der Waals surface area contributed by atoms with Crippen LogP contribution in [0, 0.1) is 11.6 Å². The van der Waals surface area contributed by atoms with E-state index in [0.717, 1.165) is 12.8 Å². The summed E-state index contributed by atoms with van der Waals surface area (Å²) in [5, 5.41) is 0. The Morgan fingerprint density at radius 2 is 1.02 bits per heavy atom. The van der Waals surface area contributed by atoms with Crippen molar-refractivity contribution < 1.29 is 37.3 Å². The fourth-order valence-electron chi connectivity index (χ4n) is 7.38. The number of halogens is 2. The molecule has 0 radical (unpaired) electrons. The number of carbonyl (C=O) groups excluding carboxylic acids is 2. The molecule has 12 nitrogen and oxygen atoms in total. The van der Waals surface area contributed by atoms with Crippen molar-refractivity contribution in [2.45, 2.75) is 38.5 Å². The second-order valence-corrected chi connectivity index (χ2v) is 14.1. The Kier molecular flexibility index (Phi) is 13.3. The number of methoxy groups -OCH3 is 2. The van der Waals surface area contributed by atoms with Gasteiger partial charge >= 0.3 is 12.0 Å². The van der Waals surface area contributed by atoms with Crippen molar-refractivity contribution in [2.75, 3.05) is 76.6 Å². The molecule has 6 aromatic rings. The summed E-state index contributed by atoms with van der Waals surface area (Å²) in [5.74, 6) is -0.998. The minimum atomic E-state index is -0.375. The zero-order valence-electron chi connectivity index (χ0n) is 32.9. The zero-order valence-corrected chi connectivity index (χ0v) is 32.9. The van der Waals surface area contributed by atoms with Crippen LogP contribution in [0.3, 0.4) is 0 Å². The second-order valence-electron chi connectivity index (χ2n) is 14.1. The average molecular weight is 795 g/mol. The van der Waals surface area contributed by atoms with E-state index in [1.165, 1.54) is 46.6 Å². The first kappa shape index (κ1) is 40.3. The molecule has 0 N–H and O–H groups in total. The van der Waals surface area contributed by atoms with E-state index in [2.05, 4.69) is 22.1 Å². The van der Waals surface area contributed by atoms with Crippen molar-refractivity contribution >= 4 is 45.3 Å². The standard InChI is InChI=1S/2C22H24FN3O3/c1-28-22-24-18-15-19(25-10-12-29-13-11-25)17(23)14-20(18)26(22)21(27)9-5-8-16-6-3-2-4-7-16;1-28-22-24-18-14-17(23)19(25-10-12-29-13-11-25)15-20(18)26(22)21(27)9-5-8-16-6-3-2-4-7-16/h2*2-4,6-7,14-15H,5,8-13H2,1H3. The van der Waals surface area contributed by atoms with Crippen molar-refractivity contribution in [1.82, 2.24) is 19.1 Å². The number of fused-ring (bicyclic) bond motifs is 2. The molecule has 58 heavy (non-hydrogen) atoms. The molecule has 304 valence electrons. The van der Waals surface area contributed by atoms with Crippen molar-refractivity contribution in [3.05, 3.63) is 108 Å². The number of hydrogen-bond donors (Lipinski definition) is 0. The molecule has 4 aromatic carbocycles. The number of nitrogens with zero attached hydrogens (tertiary/aromatic N) is 6. The number of aryl methyl sites for hydroxylation is 2. The van der Waals surface area contributed by atoms with E-state index >= 15 is 0 Å². The predicted molar refractivity (Wildman–Crippen MR) is 219 cm³/mol. The summed E-state index contributed by atoms with van der Waals surface area (Å²) in [4.78, 5) is 38.4. The summed E-state index contributed by atoms with van der Waals surface area (Å²) in [6, 6.07) is 26.6. The Balaban J connectivity index is 0.000000177. The van der Waals surface area contributed by atoms with Crippen molar-refractivity contribution in [3.8, 4) is 12.0 Å². The molecular formula is C44H48F2N6O6. The highest BCUT2D eigenvalue weighted by atomic mass is 19.1. The van der Waals surface area contributed by atoms with Gasteiger partial charge in [0, 0.05) is 51.2 Å². The zero-order chi connectivity index (χ0) is 40.4. The van der Waals surface area contributed by atoms with Crippen LogP contribution in [0.5, 0.6) is 12.0 Å². The van der Waals surface area contributed by atoms with Gasteiger partial charge in [0.25, 0.3) is 0 Å². The first-order chi connectivity index (χ1) is 28.3. The fraction of sp³-hybridized carbons (Fsp3) is 0.364. The first-order valence-corrected chi connectivity index (χ1v) is 19.7. The number of aromatic nitrogens is 4. The molecular weight excluding hydrogens is 747 g/mol. The Bertz CT molecular complexity index is 2320. The van der Waals surface area contributed by atoms with E-state index in [4.69, 9.17) is 18.9 Å². The highest BCUT2D eigenvalue weighted by molar-refractivity contribution is 5.94. The molecule has 0 unspecified atom stereocenters. The molecule has 0 spiro atoms. The molecule has 2 aliphatic heterocycles. The van der Waals surface area contributed by atoms with Crippen LogP contribution in [-0.2, 0) is 22.3 Å². The van der Waals surface area contributed by atoms with Gasteiger partial charge < -0.3 is 28.7 Å². The summed E-state index contributed by atoms with van der Waals surface area (Å²) in [5.41, 5.74) is 5.26. The lowest BCUT2D eigenvalue weighted by Crippen LogP contribution is -2.36. The Morgan fingerprint density at radius 3 is 1.48 bits per heavy atom. The summed E-state index contributed by atoms with van der Waals surface area (Å²) >= 11 is 0. The summed E-state index contributed by atoms with van der Waals surface area (Å²) in [7, 11) is 2.93. The van der Waals surface area contributed by atoms with Crippen LogP contribution >= 0.6 is 0 Å². The average Bonchev–Trinajstić information content (AvgIpc) is 3.81. The van der Waals surface area contributed by atoms with Crippen molar-refractivity contribution in [1.29, 1.82) is 0 Å². The maximum Gasteiger partial charge on any atom is 0.304 e. The monoisotopic (exact) mass is 794 g/mol. The van der Waals surface area contributed by atoms with E-state index in [-0.39, 0.29) is 35.5 Å². The molecule has 0 amide bonds. The SMILES string of the molecule is COc1nc2cc(F)c(N3CCOCC3)cc2n1C(=O)CCCc1ccccc1.COc1nc2cc(N3CCOCC3)c(F)cc2n1C(=O)CCCc1ccccc1. The number of rotatable bonds is 12. The first-order valence-electron chi connectivity index (χ1n) is 19.7. The van der Waals surface area contributed by atoms with Gasteiger partial charge in [0.05, 0.1) is 74.1 Å². The molecule has 2 fully saturated rings. The molecule has 0 aliphatic carbocycles. The van der Waals surface area contributed by atoms with Gasteiger partial charge in [-0.05, 0) is 48.9 Å². The highest BCUT2D eigenvalue weighted by Crippen LogP contribution is 2.32. The Morgan fingerprint density at radius 1 is 0.603 bits per heavy atom. The third-order valence-corrected chi connectivity index (χ3v) is 10.3. The van der Waals surface area contributed by atoms with Gasteiger partial charge in [0.15, 0.2) is 0 Å². The third-order valence-electron chi connectivity index (χ3n) is 10.3. The lowest BCUT2D eigenvalue weighted by atomic mass is 10.1. The molecule has 0 atom stereocenters. The minimum Gasteiger partial charge on any atom is -0.468 e. The van der Waals surface area contributed by atoms with Crippen LogP contribution in [-0.4, -0.2) is 97.7 Å². The van der Waals surface area contributed by atoms with E-state index in [1.807, 2.05) is 58.3 Å². The number of ether oxygens (including phenoxy) is 4. The topological polar surface area (TPSA) is 113 Å². The maximum atomic E-state index is 14.9. The van der Waals surface area contributed by atoms with E-state index in [1.54, 1.807) is 12.1 Å². The Hall–Kier alpha value is -5.86. The number of imidazole rings is 2. The highest BCUT2D eigenvalue weighted by Gasteiger charge is 2.24. The lowest BCUT2D eigenvalue weighted by Gasteiger charge is -2.29. The molecule has 0 saturated carbocycles. The van der Waals surface area contributed by atoms with Crippen LogP contribution in [0.15, 0.2) is 84.9 Å². The maximum absolute atomic E-state index is 14.9. The number of hydrogen-bond acceptors (Lipinski definition) is 10. The second kappa shape index (κ2) is 19.1. The van der Waals surface area contributed by atoms with Crippen molar-refractivity contribution in [3.63, 3.8) is 0 Å². The van der Waals surface area contributed by atoms with Crippen LogP contribution in [0.2, 0.25) is 0 Å². The number of benzene rings is 4. The largest absolute Gasteiger partial charge is 0.468 e. The Labute approximate surface area is 335 Å². The third kappa shape index (κ3) is 9.29.